The van der Waals surface area contributed by atoms with Crippen molar-refractivity contribution >= 4 is 17.7 Å². The molecule has 0 aliphatic heterocycles. The van der Waals surface area contributed by atoms with Gasteiger partial charge in [-0.05, 0) is 37.1 Å². The number of aryl methyl sites for hydroxylation is 1. The minimum absolute atomic E-state index is 0.133. The summed E-state index contributed by atoms with van der Waals surface area (Å²) in [7, 11) is 0. The van der Waals surface area contributed by atoms with E-state index in [1.807, 2.05) is 0 Å². The number of hydrogen-bond acceptors (Lipinski definition) is 6. The van der Waals surface area contributed by atoms with Crippen molar-refractivity contribution in [1.82, 2.24) is 15.5 Å². The molecular formula is C17H16FN3O3S. The van der Waals surface area contributed by atoms with Gasteiger partial charge in [0.2, 0.25) is 5.91 Å². The highest BCUT2D eigenvalue weighted by Crippen LogP contribution is 2.26. The highest BCUT2D eigenvalue weighted by atomic mass is 32.2. The van der Waals surface area contributed by atoms with E-state index >= 15 is 0 Å². The molecular weight excluding hydrogens is 345 g/mol. The van der Waals surface area contributed by atoms with Crippen molar-refractivity contribution in [2.45, 2.75) is 18.6 Å². The summed E-state index contributed by atoms with van der Waals surface area (Å²) in [6.07, 6.45) is 2.19. The van der Waals surface area contributed by atoms with Crippen LogP contribution in [-0.2, 0) is 11.2 Å². The Labute approximate surface area is 147 Å². The monoisotopic (exact) mass is 361 g/mol. The molecule has 0 saturated heterocycles. The average Bonchev–Trinajstić information content (AvgIpc) is 3.23. The summed E-state index contributed by atoms with van der Waals surface area (Å²) in [5.74, 6) is 0.833. The lowest BCUT2D eigenvalue weighted by atomic mass is 10.1. The summed E-state index contributed by atoms with van der Waals surface area (Å²) >= 11 is 1.17. The fraction of sp³-hybridized carbons (Fsp3) is 0.235. The average molecular weight is 361 g/mol. The van der Waals surface area contributed by atoms with Crippen LogP contribution in [0.3, 0.4) is 0 Å². The molecule has 25 heavy (non-hydrogen) atoms. The minimum Gasteiger partial charge on any atom is -0.469 e. The molecule has 0 fully saturated rings. The first-order chi connectivity index (χ1) is 12.1. The Morgan fingerprint density at radius 3 is 2.76 bits per heavy atom. The van der Waals surface area contributed by atoms with Gasteiger partial charge in [0.1, 0.15) is 11.6 Å². The van der Waals surface area contributed by atoms with Crippen molar-refractivity contribution in [2.24, 2.45) is 0 Å². The Morgan fingerprint density at radius 2 is 2.04 bits per heavy atom. The van der Waals surface area contributed by atoms with Crippen molar-refractivity contribution in [1.29, 1.82) is 0 Å². The molecule has 0 unspecified atom stereocenters. The summed E-state index contributed by atoms with van der Waals surface area (Å²) in [6, 6.07) is 7.96. The Morgan fingerprint density at radius 1 is 1.24 bits per heavy atom. The molecule has 3 aromatic rings. The fourth-order valence-electron chi connectivity index (χ4n) is 2.16. The number of halogens is 1. The van der Waals surface area contributed by atoms with E-state index in [-0.39, 0.29) is 17.5 Å². The number of rotatable bonds is 7. The van der Waals surface area contributed by atoms with Gasteiger partial charge in [-0.2, -0.15) is 0 Å². The topological polar surface area (TPSA) is 81.2 Å². The third-order valence-corrected chi connectivity index (χ3v) is 4.29. The van der Waals surface area contributed by atoms with Crippen molar-refractivity contribution < 1.29 is 18.0 Å². The molecule has 1 aromatic carbocycles. The number of amides is 1. The predicted octanol–water partition coefficient (Wildman–Crippen LogP) is 3.23. The first-order valence-electron chi connectivity index (χ1n) is 7.64. The Balaban J connectivity index is 1.42. The van der Waals surface area contributed by atoms with E-state index in [0.29, 0.717) is 29.8 Å². The number of thioether (sulfide) groups is 1. The second-order valence-electron chi connectivity index (χ2n) is 5.28. The summed E-state index contributed by atoms with van der Waals surface area (Å²) in [6.45, 7) is 2.29. The summed E-state index contributed by atoms with van der Waals surface area (Å²) < 4.78 is 23.5. The van der Waals surface area contributed by atoms with Crippen LogP contribution in [0.25, 0.3) is 11.5 Å². The van der Waals surface area contributed by atoms with Gasteiger partial charge in [0.25, 0.3) is 11.1 Å². The number of benzene rings is 1. The first-order valence-corrected chi connectivity index (χ1v) is 8.62. The highest BCUT2D eigenvalue weighted by Gasteiger charge is 2.14. The number of carbonyl (C=O) groups excluding carboxylic acids is 1. The first kappa shape index (κ1) is 17.2. The molecule has 0 atom stereocenters. The molecule has 0 spiro atoms. The van der Waals surface area contributed by atoms with E-state index in [2.05, 4.69) is 15.5 Å². The molecule has 6 nitrogen and oxygen atoms in total. The number of nitrogens with zero attached hydrogens (tertiary/aromatic N) is 2. The maximum Gasteiger partial charge on any atom is 0.277 e. The molecule has 3 rings (SSSR count). The van der Waals surface area contributed by atoms with Crippen LogP contribution in [0, 0.1) is 12.7 Å². The SMILES string of the molecule is Cc1occc1-c1nnc(SCC(=O)NCCc2ccc(F)cc2)o1. The van der Waals surface area contributed by atoms with Crippen LogP contribution in [-0.4, -0.2) is 28.4 Å². The second-order valence-corrected chi connectivity index (χ2v) is 6.21. The van der Waals surface area contributed by atoms with Crippen LogP contribution < -0.4 is 5.32 Å². The van der Waals surface area contributed by atoms with Gasteiger partial charge in [0.05, 0.1) is 17.6 Å². The lowest BCUT2D eigenvalue weighted by Gasteiger charge is -2.04. The van der Waals surface area contributed by atoms with Gasteiger partial charge in [-0.1, -0.05) is 23.9 Å². The zero-order valence-electron chi connectivity index (χ0n) is 13.5. The number of hydrogen-bond donors (Lipinski definition) is 1. The van der Waals surface area contributed by atoms with Crippen molar-refractivity contribution in [3.8, 4) is 11.5 Å². The normalized spacial score (nSPS) is 10.8. The second kappa shape index (κ2) is 7.98. The number of carbonyl (C=O) groups is 1. The van der Waals surface area contributed by atoms with E-state index in [4.69, 9.17) is 8.83 Å². The summed E-state index contributed by atoms with van der Waals surface area (Å²) in [5.41, 5.74) is 1.70. The van der Waals surface area contributed by atoms with Crippen LogP contribution in [0.2, 0.25) is 0 Å². The van der Waals surface area contributed by atoms with Crippen LogP contribution >= 0.6 is 11.8 Å². The smallest absolute Gasteiger partial charge is 0.277 e. The fourth-order valence-corrected chi connectivity index (χ4v) is 2.75. The van der Waals surface area contributed by atoms with Gasteiger partial charge in [-0.15, -0.1) is 10.2 Å². The van der Waals surface area contributed by atoms with Crippen molar-refractivity contribution in [3.05, 3.63) is 53.7 Å². The van der Waals surface area contributed by atoms with Gasteiger partial charge in [-0.3, -0.25) is 4.79 Å². The standard InChI is InChI=1S/C17H16FN3O3S/c1-11-14(7-9-23-11)16-20-21-17(24-16)25-10-15(22)19-8-6-12-2-4-13(18)5-3-12/h2-5,7,9H,6,8,10H2,1H3,(H,19,22). The van der Waals surface area contributed by atoms with Gasteiger partial charge in [0.15, 0.2) is 0 Å². The zero-order chi connectivity index (χ0) is 17.6. The number of aromatic nitrogens is 2. The maximum absolute atomic E-state index is 12.8. The Hall–Kier alpha value is -2.61. The van der Waals surface area contributed by atoms with E-state index in [9.17, 15) is 9.18 Å². The van der Waals surface area contributed by atoms with E-state index in [0.717, 1.165) is 11.1 Å². The largest absolute Gasteiger partial charge is 0.469 e. The number of nitrogens with one attached hydrogen (secondary N) is 1. The molecule has 0 aliphatic carbocycles. The Bertz CT molecular complexity index is 845. The van der Waals surface area contributed by atoms with Crippen LogP contribution in [0.4, 0.5) is 4.39 Å². The zero-order valence-corrected chi connectivity index (χ0v) is 14.3. The van der Waals surface area contributed by atoms with Gasteiger partial charge >= 0.3 is 0 Å². The lowest BCUT2D eigenvalue weighted by Crippen LogP contribution is -2.27. The van der Waals surface area contributed by atoms with Crippen molar-refractivity contribution in [3.63, 3.8) is 0 Å². The molecule has 0 aliphatic rings. The van der Waals surface area contributed by atoms with Gasteiger partial charge in [0, 0.05) is 6.54 Å². The van der Waals surface area contributed by atoms with E-state index < -0.39 is 0 Å². The molecule has 0 radical (unpaired) electrons. The molecule has 2 aromatic heterocycles. The molecule has 8 heteroatoms. The van der Waals surface area contributed by atoms with Crippen molar-refractivity contribution in [2.75, 3.05) is 12.3 Å². The molecule has 0 bridgehead atoms. The Kier molecular flexibility index (Phi) is 5.49. The molecule has 1 N–H and O–H groups in total. The van der Waals surface area contributed by atoms with Crippen LogP contribution in [0.1, 0.15) is 11.3 Å². The van der Waals surface area contributed by atoms with Gasteiger partial charge < -0.3 is 14.2 Å². The van der Waals surface area contributed by atoms with Crippen LogP contribution in [0.5, 0.6) is 0 Å². The number of furan rings is 1. The minimum atomic E-state index is -0.270. The molecule has 130 valence electrons. The van der Waals surface area contributed by atoms with Crippen LogP contribution in [0.15, 0.2) is 50.7 Å². The molecule has 1 amide bonds. The maximum atomic E-state index is 12.8. The highest BCUT2D eigenvalue weighted by molar-refractivity contribution is 7.99. The predicted molar refractivity (Wildman–Crippen MR) is 90.6 cm³/mol. The summed E-state index contributed by atoms with van der Waals surface area (Å²) in [4.78, 5) is 11.9. The molecule has 2 heterocycles. The summed E-state index contributed by atoms with van der Waals surface area (Å²) in [5, 5.41) is 11.0. The third kappa shape index (κ3) is 4.69. The van der Waals surface area contributed by atoms with E-state index in [1.165, 1.54) is 23.9 Å². The van der Waals surface area contributed by atoms with Gasteiger partial charge in [-0.25, -0.2) is 4.39 Å². The third-order valence-electron chi connectivity index (χ3n) is 3.47. The van der Waals surface area contributed by atoms with E-state index in [1.54, 1.807) is 31.4 Å². The molecule has 0 saturated carbocycles. The quantitative estimate of drug-likeness (QED) is 0.651. The lowest BCUT2D eigenvalue weighted by molar-refractivity contribution is -0.118.